The standard InChI is InChI=1S/C56H109NO5/c1-3-5-7-9-11-13-15-17-19-20-21-22-23-25-26-28-32-36-40-44-48-54(59)53(52-58)57-55(60)49-45-41-37-33-30-31-35-39-43-47-51-62-56(61)50-46-42-38-34-29-27-24-18-16-14-12-10-8-6-4-2/h18,24,53-54,58-59H,3-17,19-23,25-52H2,1-2H3,(H,57,60)/b24-18-. The molecule has 0 saturated heterocycles. The van der Waals surface area contributed by atoms with Gasteiger partial charge in [-0.15, -0.1) is 0 Å². The van der Waals surface area contributed by atoms with Crippen molar-refractivity contribution in [2.75, 3.05) is 13.2 Å². The van der Waals surface area contributed by atoms with Crippen molar-refractivity contribution < 1.29 is 24.5 Å². The Balaban J connectivity index is 3.47. The van der Waals surface area contributed by atoms with E-state index in [-0.39, 0.29) is 18.5 Å². The topological polar surface area (TPSA) is 95.9 Å². The number of rotatable bonds is 52. The Kier molecular flexibility index (Phi) is 51.0. The molecule has 0 aromatic carbocycles. The Morgan fingerprint density at radius 1 is 0.435 bits per heavy atom. The fourth-order valence-electron chi connectivity index (χ4n) is 8.75. The SMILES string of the molecule is CCCCCCCC/C=C\CCCCCCCC(=O)OCCCCCCCCCCCCC(=O)NC(CO)C(O)CCCCCCCCCCCCCCCCCCCCCC. The molecule has 0 saturated carbocycles. The van der Waals surface area contributed by atoms with Gasteiger partial charge < -0.3 is 20.3 Å². The van der Waals surface area contributed by atoms with Gasteiger partial charge in [0.25, 0.3) is 0 Å². The largest absolute Gasteiger partial charge is 0.466 e. The number of carbonyl (C=O) groups excluding carboxylic acids is 2. The zero-order chi connectivity index (χ0) is 45.1. The lowest BCUT2D eigenvalue weighted by Crippen LogP contribution is -2.45. The van der Waals surface area contributed by atoms with Gasteiger partial charge in [-0.05, 0) is 51.4 Å². The molecule has 0 aliphatic rings. The maximum Gasteiger partial charge on any atom is 0.305 e. The number of aliphatic hydroxyl groups is 2. The molecule has 0 fully saturated rings. The van der Waals surface area contributed by atoms with Crippen LogP contribution in [-0.4, -0.2) is 47.4 Å². The second-order valence-corrected chi connectivity index (χ2v) is 19.3. The van der Waals surface area contributed by atoms with Crippen LogP contribution in [0.25, 0.3) is 0 Å². The average molecular weight is 876 g/mol. The van der Waals surface area contributed by atoms with Crippen LogP contribution in [0.1, 0.15) is 309 Å². The monoisotopic (exact) mass is 876 g/mol. The smallest absolute Gasteiger partial charge is 0.305 e. The highest BCUT2D eigenvalue weighted by Crippen LogP contribution is 2.17. The molecule has 0 heterocycles. The number of ether oxygens (including phenoxy) is 1. The van der Waals surface area contributed by atoms with Crippen molar-refractivity contribution >= 4 is 11.9 Å². The molecule has 6 nitrogen and oxygen atoms in total. The summed E-state index contributed by atoms with van der Waals surface area (Å²) in [7, 11) is 0. The fourth-order valence-corrected chi connectivity index (χ4v) is 8.75. The van der Waals surface area contributed by atoms with Crippen LogP contribution < -0.4 is 5.32 Å². The van der Waals surface area contributed by atoms with Crippen molar-refractivity contribution in [3.05, 3.63) is 12.2 Å². The van der Waals surface area contributed by atoms with Crippen LogP contribution in [0.5, 0.6) is 0 Å². The lowest BCUT2D eigenvalue weighted by atomic mass is 10.0. The van der Waals surface area contributed by atoms with Crippen molar-refractivity contribution in [3.8, 4) is 0 Å². The third kappa shape index (κ3) is 48.1. The number of aliphatic hydroxyl groups excluding tert-OH is 2. The van der Waals surface area contributed by atoms with Gasteiger partial charge in [0.15, 0.2) is 0 Å². The van der Waals surface area contributed by atoms with E-state index in [1.165, 1.54) is 218 Å². The average Bonchev–Trinajstić information content (AvgIpc) is 3.27. The molecule has 0 aliphatic carbocycles. The molecule has 0 aliphatic heterocycles. The Morgan fingerprint density at radius 3 is 1.15 bits per heavy atom. The number of esters is 1. The van der Waals surface area contributed by atoms with E-state index < -0.39 is 12.1 Å². The molecule has 0 aromatic heterocycles. The molecule has 62 heavy (non-hydrogen) atoms. The van der Waals surface area contributed by atoms with Gasteiger partial charge in [0.2, 0.25) is 5.91 Å². The first-order valence-electron chi connectivity index (χ1n) is 27.9. The van der Waals surface area contributed by atoms with E-state index in [1.54, 1.807) is 0 Å². The Bertz CT molecular complexity index is 924. The van der Waals surface area contributed by atoms with Crippen LogP contribution in [0.3, 0.4) is 0 Å². The first kappa shape index (κ1) is 60.6. The highest BCUT2D eigenvalue weighted by molar-refractivity contribution is 5.76. The van der Waals surface area contributed by atoms with Crippen molar-refractivity contribution in [3.63, 3.8) is 0 Å². The molecule has 0 bridgehead atoms. The van der Waals surface area contributed by atoms with E-state index in [2.05, 4.69) is 31.3 Å². The van der Waals surface area contributed by atoms with Gasteiger partial charge >= 0.3 is 5.97 Å². The molecule has 0 aromatic rings. The summed E-state index contributed by atoms with van der Waals surface area (Å²) < 4.78 is 5.46. The van der Waals surface area contributed by atoms with Gasteiger partial charge in [0, 0.05) is 12.8 Å². The lowest BCUT2D eigenvalue weighted by Gasteiger charge is -2.22. The molecule has 2 atom stereocenters. The maximum atomic E-state index is 12.5. The summed E-state index contributed by atoms with van der Waals surface area (Å²) in [5.41, 5.74) is 0. The van der Waals surface area contributed by atoms with E-state index in [1.807, 2.05) is 0 Å². The van der Waals surface area contributed by atoms with Crippen LogP contribution in [0.4, 0.5) is 0 Å². The minimum absolute atomic E-state index is 0.0257. The summed E-state index contributed by atoms with van der Waals surface area (Å²) in [5.74, 6) is -0.0810. The highest BCUT2D eigenvalue weighted by atomic mass is 16.5. The number of nitrogens with one attached hydrogen (secondary N) is 1. The minimum atomic E-state index is -0.679. The normalized spacial score (nSPS) is 12.6. The molecule has 0 spiro atoms. The highest BCUT2D eigenvalue weighted by Gasteiger charge is 2.20. The number of unbranched alkanes of at least 4 members (excludes halogenated alkanes) is 39. The van der Waals surface area contributed by atoms with Gasteiger partial charge in [-0.25, -0.2) is 0 Å². The molecule has 368 valence electrons. The zero-order valence-electron chi connectivity index (χ0n) is 41.9. The van der Waals surface area contributed by atoms with Crippen LogP contribution >= 0.6 is 0 Å². The summed E-state index contributed by atoms with van der Waals surface area (Å²) in [6, 6.07) is -0.558. The first-order chi connectivity index (χ1) is 30.5. The predicted octanol–water partition coefficient (Wildman–Crippen LogP) is 16.9. The van der Waals surface area contributed by atoms with Gasteiger partial charge in [-0.2, -0.15) is 0 Å². The van der Waals surface area contributed by atoms with E-state index in [9.17, 15) is 19.8 Å². The molecule has 2 unspecified atom stereocenters. The van der Waals surface area contributed by atoms with Crippen LogP contribution in [0.15, 0.2) is 12.2 Å². The number of hydrogen-bond acceptors (Lipinski definition) is 5. The molecular weight excluding hydrogens is 767 g/mol. The minimum Gasteiger partial charge on any atom is -0.466 e. The van der Waals surface area contributed by atoms with Crippen LogP contribution in [-0.2, 0) is 14.3 Å². The molecule has 6 heteroatoms. The van der Waals surface area contributed by atoms with Gasteiger partial charge in [-0.1, -0.05) is 257 Å². The summed E-state index contributed by atoms with van der Waals surface area (Å²) in [5, 5.41) is 23.3. The van der Waals surface area contributed by atoms with Crippen molar-refractivity contribution in [1.29, 1.82) is 0 Å². The van der Waals surface area contributed by atoms with Crippen LogP contribution in [0, 0.1) is 0 Å². The van der Waals surface area contributed by atoms with E-state index >= 15 is 0 Å². The van der Waals surface area contributed by atoms with Crippen LogP contribution in [0.2, 0.25) is 0 Å². The van der Waals surface area contributed by atoms with Gasteiger partial charge in [0.05, 0.1) is 25.4 Å². The number of hydrogen-bond donors (Lipinski definition) is 3. The van der Waals surface area contributed by atoms with E-state index in [0.29, 0.717) is 25.9 Å². The summed E-state index contributed by atoms with van der Waals surface area (Å²) >= 11 is 0. The van der Waals surface area contributed by atoms with Crippen molar-refractivity contribution in [2.45, 2.75) is 321 Å². The van der Waals surface area contributed by atoms with Crippen molar-refractivity contribution in [2.24, 2.45) is 0 Å². The summed E-state index contributed by atoms with van der Waals surface area (Å²) in [6.07, 6.45) is 60.4. The van der Waals surface area contributed by atoms with Gasteiger partial charge in [0.1, 0.15) is 0 Å². The molecule has 1 amide bonds. The second kappa shape index (κ2) is 52.2. The molecule has 0 rings (SSSR count). The van der Waals surface area contributed by atoms with E-state index in [4.69, 9.17) is 4.74 Å². The third-order valence-corrected chi connectivity index (χ3v) is 13.1. The number of carbonyl (C=O) groups is 2. The molecule has 0 radical (unpaired) electrons. The fraction of sp³-hybridized carbons (Fsp3) is 0.929. The quantitative estimate of drug-likeness (QED) is 0.0321. The van der Waals surface area contributed by atoms with Gasteiger partial charge in [-0.3, -0.25) is 9.59 Å². The molecule has 3 N–H and O–H groups in total. The zero-order valence-corrected chi connectivity index (χ0v) is 41.9. The maximum absolute atomic E-state index is 12.5. The summed E-state index contributed by atoms with van der Waals surface area (Å²) in [4.78, 5) is 24.5. The lowest BCUT2D eigenvalue weighted by molar-refractivity contribution is -0.143. The van der Waals surface area contributed by atoms with Crippen molar-refractivity contribution in [1.82, 2.24) is 5.32 Å². The predicted molar refractivity (Wildman–Crippen MR) is 269 cm³/mol. The summed E-state index contributed by atoms with van der Waals surface area (Å²) in [6.45, 7) is 4.91. The molecular formula is C56H109NO5. The Hall–Kier alpha value is -1.40. The number of amides is 1. The first-order valence-corrected chi connectivity index (χ1v) is 27.9. The Morgan fingerprint density at radius 2 is 0.758 bits per heavy atom. The Labute approximate surface area is 387 Å². The number of allylic oxidation sites excluding steroid dienone is 2. The second-order valence-electron chi connectivity index (χ2n) is 19.3. The van der Waals surface area contributed by atoms with E-state index in [0.717, 1.165) is 57.8 Å². The third-order valence-electron chi connectivity index (χ3n) is 13.1.